The van der Waals surface area contributed by atoms with Gasteiger partial charge in [0.15, 0.2) is 6.10 Å². The van der Waals surface area contributed by atoms with Crippen LogP contribution >= 0.6 is 11.3 Å². The Bertz CT molecular complexity index is 750. The fourth-order valence-electron chi connectivity index (χ4n) is 2.96. The summed E-state index contributed by atoms with van der Waals surface area (Å²) in [6, 6.07) is 0. The SMILES string of the molecule is CC(=O)OOC(=O)[C@@H]1C[C@@H](OC(C)=O)[C@H](OC(C)=O)c2sc(C)c(C)c21. The van der Waals surface area contributed by atoms with Crippen LogP contribution in [0.3, 0.4) is 0 Å². The van der Waals surface area contributed by atoms with Crippen LogP contribution in [0.2, 0.25) is 0 Å². The highest BCUT2D eigenvalue weighted by Gasteiger charge is 2.45. The molecule has 0 unspecified atom stereocenters. The van der Waals surface area contributed by atoms with Crippen LogP contribution in [0.15, 0.2) is 0 Å². The molecule has 1 aliphatic carbocycles. The number of esters is 2. The van der Waals surface area contributed by atoms with Crippen molar-refractivity contribution >= 4 is 35.2 Å². The van der Waals surface area contributed by atoms with Crippen LogP contribution in [-0.2, 0) is 38.4 Å². The van der Waals surface area contributed by atoms with E-state index in [2.05, 4.69) is 9.78 Å². The normalized spacial score (nSPS) is 21.3. The molecule has 0 radical (unpaired) electrons. The maximum absolute atomic E-state index is 12.4. The van der Waals surface area contributed by atoms with Gasteiger partial charge in [0.2, 0.25) is 0 Å². The average molecular weight is 384 g/mol. The minimum Gasteiger partial charge on any atom is -0.458 e. The van der Waals surface area contributed by atoms with E-state index in [0.29, 0.717) is 10.4 Å². The summed E-state index contributed by atoms with van der Waals surface area (Å²) in [4.78, 5) is 56.9. The summed E-state index contributed by atoms with van der Waals surface area (Å²) in [5.41, 5.74) is 1.51. The summed E-state index contributed by atoms with van der Waals surface area (Å²) in [5.74, 6) is -3.44. The van der Waals surface area contributed by atoms with Crippen molar-refractivity contribution in [2.45, 2.75) is 59.2 Å². The standard InChI is InChI=1S/C17H20O8S/c1-7-8(2)26-16-14(7)12(17(21)25-24-11(5)20)6-13(22-9(3)18)15(16)23-10(4)19/h12-13,15H,6H2,1-5H3/t12-,13-,15+/m1/s1. The third-order valence-corrected chi connectivity index (χ3v) is 5.29. The van der Waals surface area contributed by atoms with Crippen LogP contribution in [-0.4, -0.2) is 30.0 Å². The molecule has 0 aliphatic heterocycles. The number of fused-ring (bicyclic) bond motifs is 1. The lowest BCUT2D eigenvalue weighted by Gasteiger charge is -2.33. The molecule has 2 rings (SSSR count). The van der Waals surface area contributed by atoms with Crippen LogP contribution < -0.4 is 0 Å². The predicted octanol–water partition coefficient (Wildman–Crippen LogP) is 2.41. The minimum atomic E-state index is -0.851. The number of carbonyl (C=O) groups is 4. The first kappa shape index (κ1) is 19.9. The van der Waals surface area contributed by atoms with Gasteiger partial charge in [0.1, 0.15) is 6.10 Å². The molecule has 0 N–H and O–H groups in total. The Morgan fingerprint density at radius 2 is 1.54 bits per heavy atom. The molecule has 0 bridgehead atoms. The van der Waals surface area contributed by atoms with Crippen molar-refractivity contribution in [3.05, 3.63) is 20.9 Å². The largest absolute Gasteiger partial charge is 0.458 e. The van der Waals surface area contributed by atoms with Gasteiger partial charge in [0.25, 0.3) is 0 Å². The van der Waals surface area contributed by atoms with Gasteiger partial charge < -0.3 is 9.47 Å². The quantitative estimate of drug-likeness (QED) is 0.444. The maximum atomic E-state index is 12.4. The molecule has 1 heterocycles. The zero-order chi connectivity index (χ0) is 19.6. The molecule has 9 heteroatoms. The lowest BCUT2D eigenvalue weighted by atomic mass is 9.82. The molecule has 0 fully saturated rings. The van der Waals surface area contributed by atoms with Gasteiger partial charge >= 0.3 is 23.9 Å². The highest BCUT2D eigenvalue weighted by Crippen LogP contribution is 2.48. The summed E-state index contributed by atoms with van der Waals surface area (Å²) >= 11 is 1.36. The Morgan fingerprint density at radius 1 is 0.923 bits per heavy atom. The van der Waals surface area contributed by atoms with Gasteiger partial charge in [-0.3, -0.25) is 9.59 Å². The topological polar surface area (TPSA) is 105 Å². The van der Waals surface area contributed by atoms with E-state index in [4.69, 9.17) is 9.47 Å². The van der Waals surface area contributed by atoms with E-state index in [0.717, 1.165) is 17.4 Å². The maximum Gasteiger partial charge on any atom is 0.363 e. The zero-order valence-corrected chi connectivity index (χ0v) is 15.9. The third kappa shape index (κ3) is 4.21. The number of rotatable bonds is 3. The summed E-state index contributed by atoms with van der Waals surface area (Å²) < 4.78 is 10.7. The van der Waals surface area contributed by atoms with Crippen molar-refractivity contribution < 1.29 is 38.4 Å². The first-order valence-corrected chi connectivity index (χ1v) is 8.76. The first-order valence-electron chi connectivity index (χ1n) is 7.95. The Hall–Kier alpha value is -2.42. The highest BCUT2D eigenvalue weighted by molar-refractivity contribution is 7.12. The van der Waals surface area contributed by atoms with Crippen LogP contribution in [0, 0.1) is 13.8 Å². The van der Waals surface area contributed by atoms with E-state index in [1.165, 1.54) is 25.2 Å². The predicted molar refractivity (Wildman–Crippen MR) is 89.1 cm³/mol. The Kier molecular flexibility index (Phi) is 6.01. The molecule has 26 heavy (non-hydrogen) atoms. The Morgan fingerprint density at radius 3 is 2.08 bits per heavy atom. The van der Waals surface area contributed by atoms with Gasteiger partial charge in [0.05, 0.1) is 10.8 Å². The molecule has 1 aromatic heterocycles. The molecule has 0 aromatic carbocycles. The van der Waals surface area contributed by atoms with Crippen molar-refractivity contribution in [2.24, 2.45) is 0 Å². The molecular formula is C17H20O8S. The van der Waals surface area contributed by atoms with Crippen molar-refractivity contribution in [1.82, 2.24) is 0 Å². The molecular weight excluding hydrogens is 364 g/mol. The zero-order valence-electron chi connectivity index (χ0n) is 15.1. The Labute approximate surface area is 154 Å². The summed E-state index contributed by atoms with van der Waals surface area (Å²) in [5, 5.41) is 0. The van der Waals surface area contributed by atoms with E-state index in [1.807, 2.05) is 13.8 Å². The molecule has 3 atom stereocenters. The second-order valence-corrected chi connectivity index (χ2v) is 7.26. The van der Waals surface area contributed by atoms with Gasteiger partial charge in [0, 0.05) is 32.1 Å². The number of hydrogen-bond acceptors (Lipinski definition) is 9. The smallest absolute Gasteiger partial charge is 0.363 e. The number of thiophene rings is 1. The van der Waals surface area contributed by atoms with E-state index in [9.17, 15) is 19.2 Å². The van der Waals surface area contributed by atoms with Gasteiger partial charge in [-0.05, 0) is 25.0 Å². The van der Waals surface area contributed by atoms with E-state index >= 15 is 0 Å². The molecule has 142 valence electrons. The summed E-state index contributed by atoms with van der Waals surface area (Å²) in [6.45, 7) is 7.32. The monoisotopic (exact) mass is 384 g/mol. The molecule has 0 saturated carbocycles. The van der Waals surface area contributed by atoms with Gasteiger partial charge in [-0.15, -0.1) is 11.3 Å². The van der Waals surface area contributed by atoms with Gasteiger partial charge in [-0.25, -0.2) is 19.4 Å². The van der Waals surface area contributed by atoms with Crippen LogP contribution in [0.4, 0.5) is 0 Å². The first-order chi connectivity index (χ1) is 12.1. The summed E-state index contributed by atoms with van der Waals surface area (Å²) in [7, 11) is 0. The number of ether oxygens (including phenoxy) is 2. The number of carbonyl (C=O) groups excluding carboxylic acids is 4. The van der Waals surface area contributed by atoms with E-state index in [1.54, 1.807) is 0 Å². The third-order valence-electron chi connectivity index (χ3n) is 4.01. The molecule has 0 saturated heterocycles. The fourth-order valence-corrected chi connectivity index (χ4v) is 4.28. The van der Waals surface area contributed by atoms with Gasteiger partial charge in [-0.2, -0.15) is 0 Å². The lowest BCUT2D eigenvalue weighted by molar-refractivity contribution is -0.259. The molecule has 1 aliphatic rings. The second-order valence-electron chi connectivity index (χ2n) is 6.00. The highest BCUT2D eigenvalue weighted by atomic mass is 32.1. The van der Waals surface area contributed by atoms with Crippen LogP contribution in [0.25, 0.3) is 0 Å². The molecule has 8 nitrogen and oxygen atoms in total. The van der Waals surface area contributed by atoms with Crippen molar-refractivity contribution in [2.75, 3.05) is 0 Å². The van der Waals surface area contributed by atoms with E-state index in [-0.39, 0.29) is 6.42 Å². The van der Waals surface area contributed by atoms with Crippen molar-refractivity contribution in [3.63, 3.8) is 0 Å². The number of aryl methyl sites for hydroxylation is 1. The van der Waals surface area contributed by atoms with Gasteiger partial charge in [-0.1, -0.05) is 0 Å². The fraction of sp³-hybridized carbons (Fsp3) is 0.529. The van der Waals surface area contributed by atoms with Crippen LogP contribution in [0.1, 0.15) is 60.1 Å². The lowest BCUT2D eigenvalue weighted by Crippen LogP contribution is -2.36. The second kappa shape index (κ2) is 7.86. The molecule has 0 spiro atoms. The van der Waals surface area contributed by atoms with Crippen molar-refractivity contribution in [1.29, 1.82) is 0 Å². The molecule has 0 amide bonds. The molecule has 1 aromatic rings. The minimum absolute atomic E-state index is 0.0433. The average Bonchev–Trinajstić information content (AvgIpc) is 2.82. The summed E-state index contributed by atoms with van der Waals surface area (Å²) in [6.07, 6.45) is -1.61. The number of hydrogen-bond donors (Lipinski definition) is 0. The van der Waals surface area contributed by atoms with Crippen molar-refractivity contribution in [3.8, 4) is 0 Å². The van der Waals surface area contributed by atoms with Crippen LogP contribution in [0.5, 0.6) is 0 Å². The van der Waals surface area contributed by atoms with E-state index < -0.39 is 42.0 Å². The Balaban J connectivity index is 2.46.